The number of aromatic nitrogens is 2. The lowest BCUT2D eigenvalue weighted by atomic mass is 9.85. The van der Waals surface area contributed by atoms with E-state index in [1.165, 1.54) is 21.6 Å². The molecule has 1 aromatic rings. The summed E-state index contributed by atoms with van der Waals surface area (Å²) in [5.41, 5.74) is 0.739. The molecule has 1 aliphatic carbocycles. The number of imidazole rings is 1. The van der Waals surface area contributed by atoms with Crippen LogP contribution in [0.1, 0.15) is 25.0 Å². The molecule has 4 rings (SSSR count). The number of alkyl halides is 3. The van der Waals surface area contributed by atoms with Crippen LogP contribution in [0, 0.1) is 11.8 Å². The number of carbonyl (C=O) groups excluding carboxylic acids is 1. The number of nitrogens with zero attached hydrogens (tertiary/aromatic N) is 4. The van der Waals surface area contributed by atoms with Gasteiger partial charge in [-0.15, -0.1) is 0 Å². The number of rotatable bonds is 5. The van der Waals surface area contributed by atoms with Gasteiger partial charge in [0.2, 0.25) is 0 Å². The summed E-state index contributed by atoms with van der Waals surface area (Å²) in [6.07, 6.45) is 2.83. The number of likely N-dealkylation sites (tertiary alicyclic amines) is 1. The second-order valence-corrected chi connectivity index (χ2v) is 8.32. The molecule has 0 spiro atoms. The minimum Gasteiger partial charge on any atom is -0.385 e. The van der Waals surface area contributed by atoms with Gasteiger partial charge in [-0.3, -0.25) is 9.56 Å². The minimum atomic E-state index is -4.24. The molecule has 32 heavy (non-hydrogen) atoms. The SMILES string of the molecule is COCCCC1N=Cc2c(n(C)c(=O)n2C(=O)N2CC(C3=CCC(C(F)(F)F)C=C3)C2)N1. The third kappa shape index (κ3) is 4.13. The predicted molar refractivity (Wildman–Crippen MR) is 113 cm³/mol. The Morgan fingerprint density at radius 3 is 2.72 bits per heavy atom. The van der Waals surface area contributed by atoms with E-state index in [9.17, 15) is 22.8 Å². The highest BCUT2D eigenvalue weighted by Gasteiger charge is 2.40. The molecular weight excluding hydrogens is 427 g/mol. The number of methoxy groups -OCH3 is 1. The Bertz CT molecular complexity index is 1030. The molecule has 0 bridgehead atoms. The van der Waals surface area contributed by atoms with Gasteiger partial charge in [-0.05, 0) is 24.8 Å². The van der Waals surface area contributed by atoms with Crippen molar-refractivity contribution in [3.05, 3.63) is 40.0 Å². The number of fused-ring (bicyclic) bond motifs is 1. The van der Waals surface area contributed by atoms with E-state index in [-0.39, 0.29) is 18.5 Å². The molecular formula is C21H26F3N5O3. The first-order valence-corrected chi connectivity index (χ1v) is 10.5. The zero-order valence-electron chi connectivity index (χ0n) is 17.9. The molecule has 174 valence electrons. The fourth-order valence-electron chi connectivity index (χ4n) is 4.19. The second kappa shape index (κ2) is 8.61. The maximum absolute atomic E-state index is 13.0. The first-order valence-electron chi connectivity index (χ1n) is 10.5. The number of ether oxygens (including phenoxy) is 1. The van der Waals surface area contributed by atoms with E-state index in [0.29, 0.717) is 31.2 Å². The van der Waals surface area contributed by atoms with Crippen LogP contribution in [0.5, 0.6) is 0 Å². The molecule has 0 radical (unpaired) electrons. The largest absolute Gasteiger partial charge is 0.395 e. The molecule has 0 aromatic carbocycles. The first-order chi connectivity index (χ1) is 15.2. The Morgan fingerprint density at radius 1 is 1.34 bits per heavy atom. The summed E-state index contributed by atoms with van der Waals surface area (Å²) in [5.74, 6) is -0.950. The van der Waals surface area contributed by atoms with Crippen LogP contribution in [0.25, 0.3) is 0 Å². The van der Waals surface area contributed by atoms with Gasteiger partial charge < -0.3 is 15.0 Å². The normalized spacial score (nSPS) is 22.9. The van der Waals surface area contributed by atoms with Crippen LogP contribution in [0.2, 0.25) is 0 Å². The Balaban J connectivity index is 1.41. The van der Waals surface area contributed by atoms with Crippen LogP contribution >= 0.6 is 0 Å². The third-order valence-electron chi connectivity index (χ3n) is 6.17. The molecule has 3 heterocycles. The molecule has 1 fully saturated rings. The number of hydrogen-bond acceptors (Lipinski definition) is 5. The predicted octanol–water partition coefficient (Wildman–Crippen LogP) is 2.75. The van der Waals surface area contributed by atoms with Gasteiger partial charge in [0.15, 0.2) is 0 Å². The fourth-order valence-corrected chi connectivity index (χ4v) is 4.19. The van der Waals surface area contributed by atoms with Gasteiger partial charge in [-0.25, -0.2) is 14.2 Å². The van der Waals surface area contributed by atoms with Crippen LogP contribution < -0.4 is 11.0 Å². The van der Waals surface area contributed by atoms with Crippen molar-refractivity contribution in [1.29, 1.82) is 0 Å². The molecule has 1 saturated heterocycles. The van der Waals surface area contributed by atoms with Crippen molar-refractivity contribution in [3.63, 3.8) is 0 Å². The maximum atomic E-state index is 13.0. The summed E-state index contributed by atoms with van der Waals surface area (Å²) < 4.78 is 46.0. The second-order valence-electron chi connectivity index (χ2n) is 8.32. The van der Waals surface area contributed by atoms with Gasteiger partial charge in [0.05, 0.1) is 12.1 Å². The summed E-state index contributed by atoms with van der Waals surface area (Å²) in [6.45, 7) is 1.32. The Labute approximate surface area is 183 Å². The number of nitrogens with one attached hydrogen (secondary N) is 1. The molecule has 1 aromatic heterocycles. The number of aliphatic imine (C=N–C) groups is 1. The Hall–Kier alpha value is -2.82. The van der Waals surface area contributed by atoms with Crippen molar-refractivity contribution < 1.29 is 22.7 Å². The van der Waals surface area contributed by atoms with Crippen LogP contribution in [-0.2, 0) is 11.8 Å². The standard InChI is InChI=1S/C21H26F3N5O3/c1-27-18-16(10-25-17(26-18)4-3-9-32-2)29(19(27)30)20(31)28-11-14(12-28)13-5-7-15(8-6-13)21(22,23)24/h5-7,10,14-15,17,26H,3-4,8-9,11-12H2,1-2H3. The minimum absolute atomic E-state index is 0.0309. The summed E-state index contributed by atoms with van der Waals surface area (Å²) >= 11 is 0. The molecule has 0 saturated carbocycles. The number of amides is 1. The first kappa shape index (κ1) is 22.4. The fraction of sp³-hybridized carbons (Fsp3) is 0.571. The van der Waals surface area contributed by atoms with Crippen molar-refractivity contribution in [2.24, 2.45) is 23.9 Å². The lowest BCUT2D eigenvalue weighted by Gasteiger charge is -2.40. The number of hydrogen-bond donors (Lipinski definition) is 1. The smallest absolute Gasteiger partial charge is 0.385 e. The number of allylic oxidation sites excluding steroid dienone is 3. The highest BCUT2D eigenvalue weighted by atomic mass is 19.4. The molecule has 11 heteroatoms. The molecule has 8 nitrogen and oxygen atoms in total. The van der Waals surface area contributed by atoms with Gasteiger partial charge in [0.25, 0.3) is 0 Å². The lowest BCUT2D eigenvalue weighted by Crippen LogP contribution is -2.54. The number of anilines is 1. The van der Waals surface area contributed by atoms with Crippen LogP contribution in [0.4, 0.5) is 23.8 Å². The van der Waals surface area contributed by atoms with Crippen molar-refractivity contribution in [2.75, 3.05) is 32.1 Å². The van der Waals surface area contributed by atoms with Crippen LogP contribution in [-0.4, -0.2) is 65.4 Å². The summed E-state index contributed by atoms with van der Waals surface area (Å²) in [7, 11) is 3.22. The Kier molecular flexibility index (Phi) is 6.02. The maximum Gasteiger partial charge on any atom is 0.395 e. The highest BCUT2D eigenvalue weighted by Crippen LogP contribution is 2.36. The Morgan fingerprint density at radius 2 is 2.09 bits per heavy atom. The van der Waals surface area contributed by atoms with Crippen LogP contribution in [0.3, 0.4) is 0 Å². The van der Waals surface area contributed by atoms with E-state index >= 15 is 0 Å². The zero-order valence-corrected chi connectivity index (χ0v) is 17.9. The molecule has 3 aliphatic rings. The van der Waals surface area contributed by atoms with Gasteiger partial charge in [0, 0.05) is 39.8 Å². The van der Waals surface area contributed by atoms with Gasteiger partial charge in [-0.2, -0.15) is 13.2 Å². The zero-order chi connectivity index (χ0) is 23.0. The van der Waals surface area contributed by atoms with Crippen molar-refractivity contribution in [1.82, 2.24) is 14.0 Å². The number of halogens is 3. The van der Waals surface area contributed by atoms with E-state index in [4.69, 9.17) is 4.74 Å². The monoisotopic (exact) mass is 453 g/mol. The summed E-state index contributed by atoms with van der Waals surface area (Å²) in [4.78, 5) is 31.7. The summed E-state index contributed by atoms with van der Waals surface area (Å²) in [5, 5.41) is 3.20. The van der Waals surface area contributed by atoms with E-state index < -0.39 is 23.8 Å². The van der Waals surface area contributed by atoms with Gasteiger partial charge >= 0.3 is 17.9 Å². The molecule has 2 atom stereocenters. The lowest BCUT2D eigenvalue weighted by molar-refractivity contribution is -0.160. The molecule has 2 aliphatic heterocycles. The van der Waals surface area contributed by atoms with E-state index in [0.717, 1.165) is 23.0 Å². The van der Waals surface area contributed by atoms with Crippen molar-refractivity contribution >= 4 is 18.1 Å². The molecule has 1 N–H and O–H groups in total. The van der Waals surface area contributed by atoms with Crippen molar-refractivity contribution in [2.45, 2.75) is 31.6 Å². The number of carbonyl (C=O) groups is 1. The average Bonchev–Trinajstić information content (AvgIpc) is 2.97. The topological polar surface area (TPSA) is 80.9 Å². The van der Waals surface area contributed by atoms with E-state index in [1.54, 1.807) is 26.4 Å². The molecule has 2 unspecified atom stereocenters. The van der Waals surface area contributed by atoms with Gasteiger partial charge in [0.1, 0.15) is 17.7 Å². The summed E-state index contributed by atoms with van der Waals surface area (Å²) in [6, 6.07) is -0.456. The van der Waals surface area contributed by atoms with Gasteiger partial charge in [-0.1, -0.05) is 18.2 Å². The third-order valence-corrected chi connectivity index (χ3v) is 6.17. The van der Waals surface area contributed by atoms with E-state index in [2.05, 4.69) is 10.3 Å². The quantitative estimate of drug-likeness (QED) is 0.696. The van der Waals surface area contributed by atoms with Crippen molar-refractivity contribution in [3.8, 4) is 0 Å². The van der Waals surface area contributed by atoms with E-state index in [1.807, 2.05) is 0 Å². The highest BCUT2D eigenvalue weighted by molar-refractivity contribution is 5.93. The van der Waals surface area contributed by atoms with Crippen LogP contribution in [0.15, 0.2) is 33.6 Å². The average molecular weight is 453 g/mol. The molecule has 1 amide bonds.